The van der Waals surface area contributed by atoms with Crippen LogP contribution in [0, 0.1) is 0 Å². The highest BCUT2D eigenvalue weighted by atomic mass is 16.1. The second-order valence-corrected chi connectivity index (χ2v) is 4.44. The average Bonchev–Trinajstić information content (AvgIpc) is 2.94. The standard InChI is InChI=1S/C16H13N3O/c17-16(20)13-10-14(11-6-8-18-9-7-11)19-15(13)12-4-2-1-3-5-12/h1-10,19H,(H2,17,20). The maximum absolute atomic E-state index is 11.6. The first-order valence-electron chi connectivity index (χ1n) is 6.24. The first-order valence-corrected chi connectivity index (χ1v) is 6.24. The largest absolute Gasteiger partial charge is 0.366 e. The normalized spacial score (nSPS) is 10.4. The third-order valence-electron chi connectivity index (χ3n) is 3.14. The summed E-state index contributed by atoms with van der Waals surface area (Å²) in [6.07, 6.45) is 3.42. The minimum absolute atomic E-state index is 0.444. The molecule has 1 aromatic carbocycles. The van der Waals surface area contributed by atoms with Crippen molar-refractivity contribution in [3.63, 3.8) is 0 Å². The van der Waals surface area contributed by atoms with Gasteiger partial charge in [-0.1, -0.05) is 30.3 Å². The van der Waals surface area contributed by atoms with E-state index in [-0.39, 0.29) is 0 Å². The summed E-state index contributed by atoms with van der Waals surface area (Å²) in [4.78, 5) is 18.9. The minimum atomic E-state index is -0.444. The number of pyridine rings is 1. The molecule has 1 amide bonds. The molecule has 0 saturated heterocycles. The van der Waals surface area contributed by atoms with Crippen molar-refractivity contribution in [2.45, 2.75) is 0 Å². The van der Waals surface area contributed by atoms with E-state index in [2.05, 4.69) is 9.97 Å². The smallest absolute Gasteiger partial charge is 0.250 e. The summed E-state index contributed by atoms with van der Waals surface area (Å²) in [5.74, 6) is -0.444. The summed E-state index contributed by atoms with van der Waals surface area (Å²) in [6.45, 7) is 0. The fraction of sp³-hybridized carbons (Fsp3) is 0. The Labute approximate surface area is 116 Å². The molecule has 0 spiro atoms. The van der Waals surface area contributed by atoms with Crippen molar-refractivity contribution in [3.05, 3.63) is 66.5 Å². The Hall–Kier alpha value is -2.88. The van der Waals surface area contributed by atoms with Gasteiger partial charge in [0.1, 0.15) is 0 Å². The van der Waals surface area contributed by atoms with Gasteiger partial charge in [-0.2, -0.15) is 0 Å². The zero-order chi connectivity index (χ0) is 13.9. The van der Waals surface area contributed by atoms with Crippen LogP contribution in [-0.2, 0) is 0 Å². The van der Waals surface area contributed by atoms with Crippen molar-refractivity contribution >= 4 is 5.91 Å². The Bertz CT molecular complexity index is 733. The lowest BCUT2D eigenvalue weighted by molar-refractivity contribution is 0.100. The zero-order valence-corrected chi connectivity index (χ0v) is 10.7. The fourth-order valence-corrected chi connectivity index (χ4v) is 2.17. The molecule has 0 saturated carbocycles. The number of nitrogens with one attached hydrogen (secondary N) is 1. The number of aromatic nitrogens is 2. The maximum Gasteiger partial charge on any atom is 0.250 e. The first-order chi connectivity index (χ1) is 9.75. The van der Waals surface area contributed by atoms with Crippen LogP contribution in [0.3, 0.4) is 0 Å². The quantitative estimate of drug-likeness (QED) is 0.762. The Kier molecular flexibility index (Phi) is 3.05. The van der Waals surface area contributed by atoms with Crippen LogP contribution < -0.4 is 5.73 Å². The lowest BCUT2D eigenvalue weighted by atomic mass is 10.1. The van der Waals surface area contributed by atoms with E-state index in [0.29, 0.717) is 5.56 Å². The monoisotopic (exact) mass is 263 g/mol. The highest BCUT2D eigenvalue weighted by molar-refractivity contribution is 6.00. The van der Waals surface area contributed by atoms with Crippen LogP contribution in [0.25, 0.3) is 22.5 Å². The lowest BCUT2D eigenvalue weighted by Gasteiger charge is -2.01. The fourth-order valence-electron chi connectivity index (χ4n) is 2.17. The first kappa shape index (κ1) is 12.2. The third kappa shape index (κ3) is 2.19. The average molecular weight is 263 g/mol. The van der Waals surface area contributed by atoms with Gasteiger partial charge in [-0.3, -0.25) is 9.78 Å². The Morgan fingerprint density at radius 1 is 1.00 bits per heavy atom. The van der Waals surface area contributed by atoms with E-state index in [1.807, 2.05) is 42.5 Å². The summed E-state index contributed by atoms with van der Waals surface area (Å²) in [5.41, 5.74) is 9.44. The molecule has 4 nitrogen and oxygen atoms in total. The number of rotatable bonds is 3. The highest BCUT2D eigenvalue weighted by Gasteiger charge is 2.15. The van der Waals surface area contributed by atoms with Crippen LogP contribution in [0.15, 0.2) is 60.9 Å². The van der Waals surface area contributed by atoms with E-state index in [1.54, 1.807) is 18.5 Å². The molecule has 0 aliphatic carbocycles. The molecular formula is C16H13N3O. The lowest BCUT2D eigenvalue weighted by Crippen LogP contribution is -2.10. The van der Waals surface area contributed by atoms with Crippen LogP contribution in [0.2, 0.25) is 0 Å². The summed E-state index contributed by atoms with van der Waals surface area (Å²) in [7, 11) is 0. The molecule has 0 unspecified atom stereocenters. The summed E-state index contributed by atoms with van der Waals surface area (Å²) in [5, 5.41) is 0. The number of nitrogens with zero attached hydrogens (tertiary/aromatic N) is 1. The number of nitrogens with two attached hydrogens (primary N) is 1. The number of hydrogen-bond donors (Lipinski definition) is 2. The minimum Gasteiger partial charge on any atom is -0.366 e. The van der Waals surface area contributed by atoms with Gasteiger partial charge in [-0.25, -0.2) is 0 Å². The molecule has 98 valence electrons. The van der Waals surface area contributed by atoms with Crippen LogP contribution in [0.4, 0.5) is 0 Å². The second-order valence-electron chi connectivity index (χ2n) is 4.44. The number of benzene rings is 1. The second kappa shape index (κ2) is 5.01. The Balaban J connectivity index is 2.15. The van der Waals surface area contributed by atoms with Crippen molar-refractivity contribution in [2.24, 2.45) is 5.73 Å². The van der Waals surface area contributed by atoms with Crippen molar-refractivity contribution in [2.75, 3.05) is 0 Å². The molecule has 0 aliphatic rings. The molecule has 2 heterocycles. The molecule has 20 heavy (non-hydrogen) atoms. The molecule has 3 rings (SSSR count). The van der Waals surface area contributed by atoms with Crippen LogP contribution >= 0.6 is 0 Å². The molecular weight excluding hydrogens is 250 g/mol. The van der Waals surface area contributed by atoms with Gasteiger partial charge in [0.15, 0.2) is 0 Å². The topological polar surface area (TPSA) is 71.8 Å². The van der Waals surface area contributed by atoms with Gasteiger partial charge in [0.25, 0.3) is 5.91 Å². The predicted molar refractivity (Wildman–Crippen MR) is 78.0 cm³/mol. The van der Waals surface area contributed by atoms with E-state index >= 15 is 0 Å². The molecule has 4 heteroatoms. The van der Waals surface area contributed by atoms with E-state index < -0.39 is 5.91 Å². The molecule has 0 atom stereocenters. The SMILES string of the molecule is NC(=O)c1cc(-c2ccncc2)[nH]c1-c1ccccc1. The predicted octanol–water partition coefficient (Wildman–Crippen LogP) is 2.84. The summed E-state index contributed by atoms with van der Waals surface area (Å²) >= 11 is 0. The van der Waals surface area contributed by atoms with Gasteiger partial charge in [0, 0.05) is 23.7 Å². The van der Waals surface area contributed by atoms with Crippen LogP contribution in [0.5, 0.6) is 0 Å². The Morgan fingerprint density at radius 2 is 1.70 bits per heavy atom. The summed E-state index contributed by atoms with van der Waals surface area (Å²) in [6, 6.07) is 15.2. The third-order valence-corrected chi connectivity index (χ3v) is 3.14. The van der Waals surface area contributed by atoms with E-state index in [0.717, 1.165) is 22.5 Å². The number of aromatic amines is 1. The number of hydrogen-bond acceptors (Lipinski definition) is 2. The molecule has 0 fully saturated rings. The number of amides is 1. The van der Waals surface area contributed by atoms with Gasteiger partial charge in [0.05, 0.1) is 11.3 Å². The van der Waals surface area contributed by atoms with E-state index in [9.17, 15) is 4.79 Å². The van der Waals surface area contributed by atoms with Crippen molar-refractivity contribution in [3.8, 4) is 22.5 Å². The van der Waals surface area contributed by atoms with Crippen LogP contribution in [0.1, 0.15) is 10.4 Å². The van der Waals surface area contributed by atoms with E-state index in [1.165, 1.54) is 0 Å². The molecule has 0 aliphatic heterocycles. The summed E-state index contributed by atoms with van der Waals surface area (Å²) < 4.78 is 0. The molecule has 3 aromatic rings. The highest BCUT2D eigenvalue weighted by Crippen LogP contribution is 2.28. The number of carbonyl (C=O) groups excluding carboxylic acids is 1. The molecule has 0 bridgehead atoms. The zero-order valence-electron chi connectivity index (χ0n) is 10.7. The van der Waals surface area contributed by atoms with Crippen molar-refractivity contribution < 1.29 is 4.79 Å². The molecule has 2 aromatic heterocycles. The van der Waals surface area contributed by atoms with Gasteiger partial charge >= 0.3 is 0 Å². The van der Waals surface area contributed by atoms with Gasteiger partial charge in [-0.05, 0) is 23.8 Å². The Morgan fingerprint density at radius 3 is 2.35 bits per heavy atom. The molecule has 3 N–H and O–H groups in total. The van der Waals surface area contributed by atoms with Gasteiger partial charge in [-0.15, -0.1) is 0 Å². The maximum atomic E-state index is 11.6. The van der Waals surface area contributed by atoms with E-state index in [4.69, 9.17) is 5.73 Å². The number of carbonyl (C=O) groups is 1. The van der Waals surface area contributed by atoms with Gasteiger partial charge < -0.3 is 10.7 Å². The van der Waals surface area contributed by atoms with Gasteiger partial charge in [0.2, 0.25) is 0 Å². The number of H-pyrrole nitrogens is 1. The van der Waals surface area contributed by atoms with Crippen LogP contribution in [-0.4, -0.2) is 15.9 Å². The van der Waals surface area contributed by atoms with Crippen molar-refractivity contribution in [1.82, 2.24) is 9.97 Å². The molecule has 0 radical (unpaired) electrons. The van der Waals surface area contributed by atoms with Crippen molar-refractivity contribution in [1.29, 1.82) is 0 Å². The number of primary amides is 1.